The molecule has 2 aromatic carbocycles. The van der Waals surface area contributed by atoms with Gasteiger partial charge >= 0.3 is 0 Å². The molecule has 0 radical (unpaired) electrons. The number of isocyanates is 2. The van der Waals surface area contributed by atoms with Crippen LogP contribution >= 0.6 is 0 Å². The number of azo groups is 1. The Morgan fingerprint density at radius 3 is 1.15 bits per heavy atom. The van der Waals surface area contributed by atoms with Gasteiger partial charge in [0.15, 0.2) is 0 Å². The predicted octanol–water partition coefficient (Wildman–Crippen LogP) is 3.90. The van der Waals surface area contributed by atoms with Crippen LogP contribution in [-0.4, -0.2) is 12.2 Å². The molecule has 6 nitrogen and oxygen atoms in total. The van der Waals surface area contributed by atoms with Gasteiger partial charge in [-0.2, -0.15) is 10.2 Å². The minimum absolute atomic E-state index is 0.750. The van der Waals surface area contributed by atoms with Crippen LogP contribution in [0.4, 0.5) is 11.4 Å². The molecule has 0 aliphatic rings. The quantitative estimate of drug-likeness (QED) is 0.489. The van der Waals surface area contributed by atoms with Crippen molar-refractivity contribution in [1.82, 2.24) is 0 Å². The second-order valence-electron chi connectivity index (χ2n) is 3.08. The number of carbonyl (C=O) groups excluding carboxylic acids is 2. The first-order valence-corrected chi connectivity index (χ1v) is 5.38. The maximum atomic E-state index is 8.35. The SMILES string of the molecule is N=C=O.N=C=O.c1ccc(N=Nc2ccccc2)cc1. The Labute approximate surface area is 115 Å². The summed E-state index contributed by atoms with van der Waals surface area (Å²) in [6.45, 7) is 0. The molecule has 2 aromatic rings. The first-order valence-electron chi connectivity index (χ1n) is 5.38. The molecule has 0 aliphatic heterocycles. The predicted molar refractivity (Wildman–Crippen MR) is 73.9 cm³/mol. The molecule has 100 valence electrons. The van der Waals surface area contributed by atoms with Gasteiger partial charge in [0.1, 0.15) is 0 Å². The highest BCUT2D eigenvalue weighted by Crippen LogP contribution is 2.16. The van der Waals surface area contributed by atoms with Crippen molar-refractivity contribution in [1.29, 1.82) is 10.8 Å². The lowest BCUT2D eigenvalue weighted by Gasteiger charge is -1.91. The van der Waals surface area contributed by atoms with E-state index in [4.69, 9.17) is 20.4 Å². The van der Waals surface area contributed by atoms with E-state index in [1.807, 2.05) is 60.7 Å². The van der Waals surface area contributed by atoms with Crippen molar-refractivity contribution >= 4 is 23.5 Å². The van der Waals surface area contributed by atoms with E-state index in [0.717, 1.165) is 23.5 Å². The number of rotatable bonds is 2. The zero-order valence-electron chi connectivity index (χ0n) is 10.5. The average molecular weight is 268 g/mol. The Kier molecular flexibility index (Phi) is 10.3. The van der Waals surface area contributed by atoms with Gasteiger partial charge in [-0.15, -0.1) is 0 Å². The lowest BCUT2D eigenvalue weighted by Crippen LogP contribution is -1.62. The summed E-state index contributed by atoms with van der Waals surface area (Å²) in [6.07, 6.45) is 1.50. The highest BCUT2D eigenvalue weighted by Gasteiger charge is 1.86. The largest absolute Gasteiger partial charge is 0.231 e. The maximum Gasteiger partial charge on any atom is 0.231 e. The molecule has 2 rings (SSSR count). The fourth-order valence-corrected chi connectivity index (χ4v) is 1.10. The minimum Gasteiger partial charge on any atom is -0.222 e. The Balaban J connectivity index is 0.000000520. The summed E-state index contributed by atoms with van der Waals surface area (Å²) in [7, 11) is 0. The van der Waals surface area contributed by atoms with Crippen molar-refractivity contribution in [2.45, 2.75) is 0 Å². The van der Waals surface area contributed by atoms with Gasteiger partial charge in [-0.3, -0.25) is 0 Å². The molecular weight excluding hydrogens is 256 g/mol. The van der Waals surface area contributed by atoms with Crippen LogP contribution in [0.5, 0.6) is 0 Å². The molecule has 0 heterocycles. The first-order chi connectivity index (χ1) is 9.78. The van der Waals surface area contributed by atoms with Gasteiger partial charge in [0.25, 0.3) is 0 Å². The van der Waals surface area contributed by atoms with E-state index in [2.05, 4.69) is 10.2 Å². The molecule has 0 aliphatic carbocycles. The molecule has 0 spiro atoms. The molecule has 0 fully saturated rings. The van der Waals surface area contributed by atoms with Crippen molar-refractivity contribution in [3.05, 3.63) is 60.7 Å². The Morgan fingerprint density at radius 2 is 0.900 bits per heavy atom. The molecule has 0 atom stereocenters. The normalized spacial score (nSPS) is 8.20. The van der Waals surface area contributed by atoms with E-state index >= 15 is 0 Å². The van der Waals surface area contributed by atoms with Gasteiger partial charge in [-0.05, 0) is 24.3 Å². The fraction of sp³-hybridized carbons (Fsp3) is 0. The number of hydrogen-bond acceptors (Lipinski definition) is 6. The molecule has 6 heteroatoms. The van der Waals surface area contributed by atoms with E-state index in [1.54, 1.807) is 0 Å². The van der Waals surface area contributed by atoms with Crippen molar-refractivity contribution in [2.24, 2.45) is 10.2 Å². The lowest BCUT2D eigenvalue weighted by atomic mass is 10.3. The molecule has 0 unspecified atom stereocenters. The first kappa shape index (κ1) is 16.8. The molecule has 0 saturated heterocycles. The van der Waals surface area contributed by atoms with Gasteiger partial charge in [-0.1, -0.05) is 36.4 Å². The summed E-state index contributed by atoms with van der Waals surface area (Å²) in [5.41, 5.74) is 1.74. The third kappa shape index (κ3) is 8.90. The van der Waals surface area contributed by atoms with E-state index in [9.17, 15) is 0 Å². The smallest absolute Gasteiger partial charge is 0.222 e. The average Bonchev–Trinajstić information content (AvgIpc) is 2.49. The van der Waals surface area contributed by atoms with Crippen LogP contribution < -0.4 is 0 Å². The zero-order chi connectivity index (χ0) is 15.1. The lowest BCUT2D eigenvalue weighted by molar-refractivity contribution is 0.562. The third-order valence-corrected chi connectivity index (χ3v) is 1.79. The summed E-state index contributed by atoms with van der Waals surface area (Å²) in [5.74, 6) is 0. The Morgan fingerprint density at radius 1 is 0.650 bits per heavy atom. The van der Waals surface area contributed by atoms with E-state index in [-0.39, 0.29) is 0 Å². The summed E-state index contributed by atoms with van der Waals surface area (Å²) in [6, 6.07) is 19.4. The molecular formula is C14H12N4O2. The second kappa shape index (κ2) is 12.3. The van der Waals surface area contributed by atoms with Gasteiger partial charge in [0, 0.05) is 0 Å². The monoisotopic (exact) mass is 268 g/mol. The summed E-state index contributed by atoms with van der Waals surface area (Å²) in [5, 5.41) is 19.0. The van der Waals surface area contributed by atoms with Gasteiger partial charge < -0.3 is 0 Å². The van der Waals surface area contributed by atoms with Crippen molar-refractivity contribution in [3.8, 4) is 0 Å². The number of hydrogen-bond donors (Lipinski definition) is 2. The van der Waals surface area contributed by atoms with Crippen LogP contribution in [0, 0.1) is 10.8 Å². The van der Waals surface area contributed by atoms with Crippen LogP contribution in [0.1, 0.15) is 0 Å². The summed E-state index contributed by atoms with van der Waals surface area (Å²) >= 11 is 0. The number of nitrogens with zero attached hydrogens (tertiary/aromatic N) is 2. The van der Waals surface area contributed by atoms with Crippen LogP contribution in [0.15, 0.2) is 70.9 Å². The van der Waals surface area contributed by atoms with Crippen LogP contribution in [-0.2, 0) is 9.59 Å². The standard InChI is InChI=1S/C12H10N2.2CHNO/c1-3-7-11(8-4-1)13-14-12-9-5-2-6-10-12;2*2-1-3/h1-10H;2*2H. The van der Waals surface area contributed by atoms with E-state index in [0.29, 0.717) is 0 Å². The summed E-state index contributed by atoms with van der Waals surface area (Å²) < 4.78 is 0. The van der Waals surface area contributed by atoms with E-state index in [1.165, 1.54) is 0 Å². The van der Waals surface area contributed by atoms with Crippen molar-refractivity contribution in [2.75, 3.05) is 0 Å². The molecule has 20 heavy (non-hydrogen) atoms. The molecule has 0 saturated carbocycles. The fourth-order valence-electron chi connectivity index (χ4n) is 1.10. The van der Waals surface area contributed by atoms with Crippen molar-refractivity contribution in [3.63, 3.8) is 0 Å². The maximum absolute atomic E-state index is 8.35. The van der Waals surface area contributed by atoms with Crippen LogP contribution in [0.3, 0.4) is 0 Å². The van der Waals surface area contributed by atoms with Crippen LogP contribution in [0.25, 0.3) is 0 Å². The Hall–Kier alpha value is -3.20. The third-order valence-electron chi connectivity index (χ3n) is 1.79. The molecule has 0 aromatic heterocycles. The van der Waals surface area contributed by atoms with E-state index < -0.39 is 0 Å². The second-order valence-corrected chi connectivity index (χ2v) is 3.08. The topological polar surface area (TPSA) is 107 Å². The molecule has 0 amide bonds. The number of nitrogens with one attached hydrogen (secondary N) is 2. The number of benzene rings is 2. The van der Waals surface area contributed by atoms with Gasteiger partial charge in [-0.25, -0.2) is 20.4 Å². The highest BCUT2D eigenvalue weighted by molar-refractivity contribution is 5.39. The van der Waals surface area contributed by atoms with Gasteiger partial charge in [0.05, 0.1) is 11.4 Å². The molecule has 2 N–H and O–H groups in total. The van der Waals surface area contributed by atoms with Crippen LogP contribution in [0.2, 0.25) is 0 Å². The summed E-state index contributed by atoms with van der Waals surface area (Å²) in [4.78, 5) is 16.7. The minimum atomic E-state index is 0.750. The molecule has 0 bridgehead atoms. The van der Waals surface area contributed by atoms with Crippen molar-refractivity contribution < 1.29 is 9.59 Å². The zero-order valence-corrected chi connectivity index (χ0v) is 10.5. The Bertz CT molecular complexity index is 517. The highest BCUT2D eigenvalue weighted by atomic mass is 16.1. The van der Waals surface area contributed by atoms with Gasteiger partial charge in [0.2, 0.25) is 12.2 Å².